The van der Waals surface area contributed by atoms with Gasteiger partial charge in [-0.3, -0.25) is 24.1 Å². The number of anilines is 2. The van der Waals surface area contributed by atoms with Crippen molar-refractivity contribution in [2.75, 3.05) is 23.4 Å². The molecule has 0 unspecified atom stereocenters. The number of nitrogens with zero attached hydrogens (tertiary/aromatic N) is 1. The van der Waals surface area contributed by atoms with E-state index in [1.807, 2.05) is 0 Å². The minimum atomic E-state index is -1.14. The molecule has 1 aliphatic heterocycles. The number of hydrogen-bond acceptors (Lipinski definition) is 6. The minimum Gasteiger partial charge on any atom is -0.459 e. The zero-order valence-electron chi connectivity index (χ0n) is 16.1. The van der Waals surface area contributed by atoms with Crippen molar-refractivity contribution in [1.29, 1.82) is 0 Å². The molecule has 1 aromatic carbocycles. The van der Waals surface area contributed by atoms with Crippen molar-refractivity contribution in [2.45, 2.75) is 25.8 Å². The first-order valence-corrected chi connectivity index (χ1v) is 9.01. The molecule has 0 bridgehead atoms. The fourth-order valence-corrected chi connectivity index (χ4v) is 2.95. The molecule has 0 saturated carbocycles. The number of benzene rings is 1. The number of furan rings is 1. The molecule has 1 aromatic heterocycles. The smallest absolute Gasteiger partial charge is 0.308 e. The molecule has 0 saturated heterocycles. The van der Waals surface area contributed by atoms with Crippen LogP contribution < -0.4 is 15.5 Å². The van der Waals surface area contributed by atoms with Gasteiger partial charge in [-0.05, 0) is 38.1 Å². The Balaban J connectivity index is 1.55. The third-order valence-electron chi connectivity index (χ3n) is 4.47. The Kier molecular flexibility index (Phi) is 5.67. The van der Waals surface area contributed by atoms with Crippen LogP contribution in [0.15, 0.2) is 47.1 Å². The van der Waals surface area contributed by atoms with E-state index in [1.54, 1.807) is 44.2 Å². The number of rotatable bonds is 6. The standard InChI is InChI=1S/C20H21N3O6/c1-20(2)19(27)22-13-6-3-4-7-14(13)23(20)16(24)12-29-17(25)9-10-21-18(26)15-8-5-11-28-15/h3-8,11H,9-10,12H2,1-2H3,(H,21,26)(H,22,27). The molecule has 9 nitrogen and oxygen atoms in total. The van der Waals surface area contributed by atoms with Gasteiger partial charge in [-0.2, -0.15) is 0 Å². The summed E-state index contributed by atoms with van der Waals surface area (Å²) < 4.78 is 9.98. The molecule has 1 aliphatic rings. The lowest BCUT2D eigenvalue weighted by Gasteiger charge is -2.41. The summed E-state index contributed by atoms with van der Waals surface area (Å²) in [5, 5.41) is 5.28. The normalized spacial score (nSPS) is 14.6. The van der Waals surface area contributed by atoms with Crippen LogP contribution in [-0.2, 0) is 19.1 Å². The van der Waals surface area contributed by atoms with Gasteiger partial charge in [0.15, 0.2) is 12.4 Å². The molecule has 2 aromatic rings. The Morgan fingerprint density at radius 1 is 1.17 bits per heavy atom. The van der Waals surface area contributed by atoms with Crippen LogP contribution in [0.3, 0.4) is 0 Å². The van der Waals surface area contributed by atoms with E-state index in [2.05, 4.69) is 10.6 Å². The van der Waals surface area contributed by atoms with E-state index >= 15 is 0 Å². The van der Waals surface area contributed by atoms with Gasteiger partial charge in [0.2, 0.25) is 5.91 Å². The van der Waals surface area contributed by atoms with E-state index in [-0.39, 0.29) is 24.6 Å². The SMILES string of the molecule is CC1(C)C(=O)Nc2ccccc2N1C(=O)COC(=O)CCNC(=O)c1ccco1. The molecule has 2 heterocycles. The average molecular weight is 399 g/mol. The molecule has 2 N–H and O–H groups in total. The Bertz CT molecular complexity index is 935. The van der Waals surface area contributed by atoms with Gasteiger partial charge < -0.3 is 19.8 Å². The van der Waals surface area contributed by atoms with Gasteiger partial charge in [0, 0.05) is 6.54 Å². The molecule has 152 valence electrons. The highest BCUT2D eigenvalue weighted by molar-refractivity contribution is 6.14. The van der Waals surface area contributed by atoms with Crippen LogP contribution in [0.4, 0.5) is 11.4 Å². The first-order chi connectivity index (χ1) is 13.8. The molecule has 0 spiro atoms. The summed E-state index contributed by atoms with van der Waals surface area (Å²) in [5.74, 6) is -1.82. The number of fused-ring (bicyclic) bond motifs is 1. The molecular weight excluding hydrogens is 378 g/mol. The Morgan fingerprint density at radius 2 is 1.93 bits per heavy atom. The minimum absolute atomic E-state index is 0.0347. The quantitative estimate of drug-likeness (QED) is 0.714. The Hall–Kier alpha value is -3.62. The first-order valence-electron chi connectivity index (χ1n) is 9.01. The summed E-state index contributed by atoms with van der Waals surface area (Å²) in [6, 6.07) is 9.98. The van der Waals surface area contributed by atoms with Crippen molar-refractivity contribution in [2.24, 2.45) is 0 Å². The van der Waals surface area contributed by atoms with E-state index in [4.69, 9.17) is 9.15 Å². The third-order valence-corrected chi connectivity index (χ3v) is 4.47. The summed E-state index contributed by atoms with van der Waals surface area (Å²) in [6.45, 7) is 2.74. The molecule has 0 radical (unpaired) electrons. The predicted molar refractivity (Wildman–Crippen MR) is 103 cm³/mol. The van der Waals surface area contributed by atoms with Crippen LogP contribution in [0.2, 0.25) is 0 Å². The zero-order valence-corrected chi connectivity index (χ0v) is 16.1. The molecular formula is C20H21N3O6. The summed E-state index contributed by atoms with van der Waals surface area (Å²) >= 11 is 0. The first kappa shape index (κ1) is 20.1. The summed E-state index contributed by atoms with van der Waals surface area (Å²) in [6.07, 6.45) is 1.26. The lowest BCUT2D eigenvalue weighted by molar-refractivity contribution is -0.148. The second-order valence-electron chi connectivity index (χ2n) is 6.90. The maximum absolute atomic E-state index is 12.8. The number of carbonyl (C=O) groups is 4. The number of para-hydroxylation sites is 2. The maximum atomic E-state index is 12.8. The van der Waals surface area contributed by atoms with Crippen molar-refractivity contribution in [3.8, 4) is 0 Å². The van der Waals surface area contributed by atoms with Gasteiger partial charge in [-0.25, -0.2) is 0 Å². The van der Waals surface area contributed by atoms with Crippen LogP contribution in [0.25, 0.3) is 0 Å². The lowest BCUT2D eigenvalue weighted by atomic mass is 9.96. The topological polar surface area (TPSA) is 118 Å². The summed E-state index contributed by atoms with van der Waals surface area (Å²) in [7, 11) is 0. The number of hydrogen-bond donors (Lipinski definition) is 2. The maximum Gasteiger partial charge on any atom is 0.308 e. The number of esters is 1. The summed E-state index contributed by atoms with van der Waals surface area (Å²) in [4.78, 5) is 50.1. The van der Waals surface area contributed by atoms with Gasteiger partial charge >= 0.3 is 5.97 Å². The van der Waals surface area contributed by atoms with Crippen LogP contribution in [0.5, 0.6) is 0 Å². The molecule has 0 fully saturated rings. The fraction of sp³-hybridized carbons (Fsp3) is 0.300. The molecule has 9 heteroatoms. The van der Waals surface area contributed by atoms with Crippen LogP contribution in [-0.4, -0.2) is 42.4 Å². The third kappa shape index (κ3) is 4.29. The largest absolute Gasteiger partial charge is 0.459 e. The van der Waals surface area contributed by atoms with Crippen molar-refractivity contribution in [3.05, 3.63) is 48.4 Å². The highest BCUT2D eigenvalue weighted by Crippen LogP contribution is 2.36. The molecule has 3 rings (SSSR count). The predicted octanol–water partition coefficient (Wildman–Crippen LogP) is 1.71. The highest BCUT2D eigenvalue weighted by Gasteiger charge is 2.43. The van der Waals surface area contributed by atoms with Crippen molar-refractivity contribution in [3.63, 3.8) is 0 Å². The van der Waals surface area contributed by atoms with E-state index in [0.29, 0.717) is 11.4 Å². The average Bonchev–Trinajstić information content (AvgIpc) is 3.22. The lowest BCUT2D eigenvalue weighted by Crippen LogP contribution is -2.59. The number of carbonyl (C=O) groups excluding carboxylic acids is 4. The molecule has 29 heavy (non-hydrogen) atoms. The Morgan fingerprint density at radius 3 is 2.66 bits per heavy atom. The van der Waals surface area contributed by atoms with Crippen molar-refractivity contribution < 1.29 is 28.3 Å². The Labute approximate surface area is 167 Å². The van der Waals surface area contributed by atoms with Gasteiger partial charge in [0.05, 0.1) is 24.1 Å². The summed E-state index contributed by atoms with van der Waals surface area (Å²) in [5.41, 5.74) is -0.101. The van der Waals surface area contributed by atoms with E-state index < -0.39 is 29.9 Å². The van der Waals surface area contributed by atoms with Gasteiger partial charge in [-0.15, -0.1) is 0 Å². The number of amides is 3. The van der Waals surface area contributed by atoms with E-state index in [9.17, 15) is 19.2 Å². The molecule has 0 aliphatic carbocycles. The molecule has 0 atom stereocenters. The van der Waals surface area contributed by atoms with Gasteiger partial charge in [-0.1, -0.05) is 12.1 Å². The van der Waals surface area contributed by atoms with Crippen molar-refractivity contribution in [1.82, 2.24) is 5.32 Å². The number of ether oxygens (including phenoxy) is 1. The van der Waals surface area contributed by atoms with E-state index in [1.165, 1.54) is 17.2 Å². The van der Waals surface area contributed by atoms with E-state index in [0.717, 1.165) is 0 Å². The van der Waals surface area contributed by atoms with Crippen LogP contribution >= 0.6 is 0 Å². The van der Waals surface area contributed by atoms with Gasteiger partial charge in [0.25, 0.3) is 11.8 Å². The second-order valence-corrected chi connectivity index (χ2v) is 6.90. The number of nitrogens with one attached hydrogen (secondary N) is 2. The second kappa shape index (κ2) is 8.17. The fourth-order valence-electron chi connectivity index (χ4n) is 2.95. The highest BCUT2D eigenvalue weighted by atomic mass is 16.5. The molecule has 3 amide bonds. The van der Waals surface area contributed by atoms with Crippen LogP contribution in [0, 0.1) is 0 Å². The zero-order chi connectivity index (χ0) is 21.0. The van der Waals surface area contributed by atoms with Crippen LogP contribution in [0.1, 0.15) is 30.8 Å². The van der Waals surface area contributed by atoms with Crippen molar-refractivity contribution >= 4 is 35.1 Å². The monoisotopic (exact) mass is 399 g/mol. The van der Waals surface area contributed by atoms with Gasteiger partial charge in [0.1, 0.15) is 5.54 Å².